The molecule has 0 bridgehead atoms. The van der Waals surface area contributed by atoms with Crippen molar-refractivity contribution in [1.82, 2.24) is 14.6 Å². The summed E-state index contributed by atoms with van der Waals surface area (Å²) in [6.45, 7) is 0.863. The third-order valence-corrected chi connectivity index (χ3v) is 7.25. The van der Waals surface area contributed by atoms with Crippen molar-refractivity contribution >= 4 is 38.9 Å². The molecule has 1 amide bonds. The van der Waals surface area contributed by atoms with Crippen LogP contribution in [0.1, 0.15) is 19.3 Å². The molecule has 0 spiro atoms. The minimum Gasteiger partial charge on any atom is -0.353 e. The maximum absolute atomic E-state index is 12.5. The summed E-state index contributed by atoms with van der Waals surface area (Å²) < 4.78 is 26.9. The Kier molecular flexibility index (Phi) is 3.74. The van der Waals surface area contributed by atoms with E-state index in [4.69, 9.17) is 11.6 Å². The van der Waals surface area contributed by atoms with Gasteiger partial charge in [-0.1, -0.05) is 22.9 Å². The molecule has 3 rings (SSSR count). The molecule has 3 heterocycles. The number of fused-ring (bicyclic) bond motifs is 1. The molecule has 1 N–H and O–H groups in total. The second-order valence-corrected chi connectivity index (χ2v) is 8.83. The van der Waals surface area contributed by atoms with Crippen molar-refractivity contribution in [2.75, 3.05) is 13.1 Å². The molecule has 1 aromatic heterocycles. The molecule has 110 valence electrons. The fourth-order valence-electron chi connectivity index (χ4n) is 2.78. The van der Waals surface area contributed by atoms with Gasteiger partial charge in [0.15, 0.2) is 8.68 Å². The number of carbonyl (C=O) groups is 1. The first-order valence-electron chi connectivity index (χ1n) is 6.37. The molecule has 0 radical (unpaired) electrons. The van der Waals surface area contributed by atoms with Crippen LogP contribution in [0.5, 0.6) is 0 Å². The zero-order valence-electron chi connectivity index (χ0n) is 10.6. The molecule has 2 saturated heterocycles. The summed E-state index contributed by atoms with van der Waals surface area (Å²) in [7, 11) is -3.51. The van der Waals surface area contributed by atoms with Gasteiger partial charge in [0, 0.05) is 25.6 Å². The fraction of sp³-hybridized carbons (Fsp3) is 0.636. The van der Waals surface area contributed by atoms with E-state index >= 15 is 0 Å². The van der Waals surface area contributed by atoms with Crippen molar-refractivity contribution < 1.29 is 13.2 Å². The van der Waals surface area contributed by atoms with Gasteiger partial charge in [-0.3, -0.25) is 4.79 Å². The van der Waals surface area contributed by atoms with Crippen LogP contribution in [0.4, 0.5) is 0 Å². The van der Waals surface area contributed by atoms with Crippen molar-refractivity contribution in [2.45, 2.75) is 29.5 Å². The van der Waals surface area contributed by atoms with Gasteiger partial charge in [-0.15, -0.1) is 0 Å². The lowest BCUT2D eigenvalue weighted by Gasteiger charge is -2.40. The van der Waals surface area contributed by atoms with E-state index < -0.39 is 10.0 Å². The number of hydrogen-bond donors (Lipinski definition) is 1. The molecule has 0 aromatic carbocycles. The predicted octanol–water partition coefficient (Wildman–Crippen LogP) is 1.09. The van der Waals surface area contributed by atoms with Gasteiger partial charge in [-0.25, -0.2) is 13.4 Å². The second-order valence-electron chi connectivity index (χ2n) is 5.06. The standard InChI is InChI=1S/C11H14ClN3O3S2/c12-11-13-5-10(19-11)20(17,18)15-4-3-8-7(6-15)1-2-9(16)14-8/h5,7-8H,1-4,6H2,(H,14,16). The van der Waals surface area contributed by atoms with Crippen molar-refractivity contribution in [3.8, 4) is 0 Å². The summed E-state index contributed by atoms with van der Waals surface area (Å²) in [6, 6.07) is 0.104. The SMILES string of the molecule is O=C1CCC2CN(S(=O)(=O)c3cnc(Cl)s3)CCC2N1. The third-order valence-electron chi connectivity index (χ3n) is 3.84. The normalized spacial score (nSPS) is 27.9. The van der Waals surface area contributed by atoms with Gasteiger partial charge in [0.2, 0.25) is 5.91 Å². The molecule has 0 saturated carbocycles. The minimum atomic E-state index is -3.51. The van der Waals surface area contributed by atoms with Gasteiger partial charge in [0.25, 0.3) is 10.0 Å². The van der Waals surface area contributed by atoms with Gasteiger partial charge in [-0.05, 0) is 18.8 Å². The Morgan fingerprint density at radius 3 is 2.95 bits per heavy atom. The highest BCUT2D eigenvalue weighted by Gasteiger charge is 2.38. The molecule has 2 fully saturated rings. The lowest BCUT2D eigenvalue weighted by atomic mass is 9.86. The van der Waals surface area contributed by atoms with E-state index in [0.29, 0.717) is 25.9 Å². The van der Waals surface area contributed by atoms with Crippen LogP contribution in [0.25, 0.3) is 0 Å². The first-order chi connectivity index (χ1) is 9.46. The number of rotatable bonds is 2. The number of nitrogens with zero attached hydrogens (tertiary/aromatic N) is 2. The smallest absolute Gasteiger partial charge is 0.254 e. The van der Waals surface area contributed by atoms with Crippen LogP contribution < -0.4 is 5.32 Å². The zero-order chi connectivity index (χ0) is 14.3. The highest BCUT2D eigenvalue weighted by atomic mass is 35.5. The van der Waals surface area contributed by atoms with Gasteiger partial charge in [0.1, 0.15) is 0 Å². The maximum atomic E-state index is 12.5. The number of aromatic nitrogens is 1. The number of hydrogen-bond acceptors (Lipinski definition) is 5. The quantitative estimate of drug-likeness (QED) is 0.877. The first-order valence-corrected chi connectivity index (χ1v) is 9.01. The highest BCUT2D eigenvalue weighted by molar-refractivity contribution is 7.91. The topological polar surface area (TPSA) is 79.4 Å². The number of sulfonamides is 1. The lowest BCUT2D eigenvalue weighted by Crippen LogP contribution is -2.54. The summed E-state index contributed by atoms with van der Waals surface area (Å²) in [5, 5.41) is 2.94. The second kappa shape index (κ2) is 5.25. The van der Waals surface area contributed by atoms with E-state index in [0.717, 1.165) is 17.8 Å². The number of halogens is 1. The largest absolute Gasteiger partial charge is 0.353 e. The van der Waals surface area contributed by atoms with E-state index in [-0.39, 0.29) is 26.5 Å². The average molecular weight is 336 g/mol. The van der Waals surface area contributed by atoms with E-state index in [1.165, 1.54) is 10.5 Å². The molecule has 0 aliphatic carbocycles. The molecule has 2 unspecified atom stereocenters. The van der Waals surface area contributed by atoms with Crippen LogP contribution in [-0.2, 0) is 14.8 Å². The molecule has 6 nitrogen and oxygen atoms in total. The van der Waals surface area contributed by atoms with Crippen molar-refractivity contribution in [2.24, 2.45) is 5.92 Å². The summed E-state index contributed by atoms with van der Waals surface area (Å²) in [5.41, 5.74) is 0. The Morgan fingerprint density at radius 1 is 1.45 bits per heavy atom. The fourth-order valence-corrected chi connectivity index (χ4v) is 5.74. The monoisotopic (exact) mass is 335 g/mol. The number of thiazole rings is 1. The summed E-state index contributed by atoms with van der Waals surface area (Å²) in [4.78, 5) is 15.1. The van der Waals surface area contributed by atoms with Crippen molar-refractivity contribution in [3.63, 3.8) is 0 Å². The molecule has 9 heteroatoms. The van der Waals surface area contributed by atoms with Crippen molar-refractivity contribution in [1.29, 1.82) is 0 Å². The van der Waals surface area contributed by atoms with Crippen LogP contribution in [0.3, 0.4) is 0 Å². The number of piperidine rings is 2. The molecule has 2 aliphatic heterocycles. The summed E-state index contributed by atoms with van der Waals surface area (Å²) in [6.07, 6.45) is 3.17. The molecule has 2 atom stereocenters. The summed E-state index contributed by atoms with van der Waals surface area (Å²) >= 11 is 6.68. The number of carbonyl (C=O) groups excluding carboxylic acids is 1. The van der Waals surface area contributed by atoms with E-state index in [2.05, 4.69) is 10.3 Å². The predicted molar refractivity (Wildman–Crippen MR) is 75.2 cm³/mol. The van der Waals surface area contributed by atoms with Crippen molar-refractivity contribution in [3.05, 3.63) is 10.7 Å². The first kappa shape index (κ1) is 14.2. The molecule has 2 aliphatic rings. The van der Waals surface area contributed by atoms with Crippen LogP contribution in [-0.4, -0.2) is 42.7 Å². The Bertz CT molecular complexity index is 631. The lowest BCUT2D eigenvalue weighted by molar-refractivity contribution is -0.124. The van der Waals surface area contributed by atoms with E-state index in [1.54, 1.807) is 0 Å². The highest BCUT2D eigenvalue weighted by Crippen LogP contribution is 2.31. The van der Waals surface area contributed by atoms with Crippen LogP contribution in [0.15, 0.2) is 10.4 Å². The van der Waals surface area contributed by atoms with E-state index in [9.17, 15) is 13.2 Å². The number of amides is 1. The van der Waals surface area contributed by atoms with Crippen LogP contribution in [0, 0.1) is 5.92 Å². The molecular formula is C11H14ClN3O3S2. The maximum Gasteiger partial charge on any atom is 0.254 e. The Morgan fingerprint density at radius 2 is 2.25 bits per heavy atom. The Hall–Kier alpha value is -0.700. The zero-order valence-corrected chi connectivity index (χ0v) is 13.0. The molecule has 1 aromatic rings. The van der Waals surface area contributed by atoms with Crippen LogP contribution >= 0.6 is 22.9 Å². The van der Waals surface area contributed by atoms with Gasteiger partial charge in [0.05, 0.1) is 6.20 Å². The van der Waals surface area contributed by atoms with Gasteiger partial charge in [-0.2, -0.15) is 4.31 Å². The number of nitrogens with one attached hydrogen (secondary N) is 1. The Labute approximate surface area is 126 Å². The van der Waals surface area contributed by atoms with E-state index in [1.807, 2.05) is 0 Å². The average Bonchev–Trinajstić information content (AvgIpc) is 2.85. The molecular weight excluding hydrogens is 322 g/mol. The van der Waals surface area contributed by atoms with Gasteiger partial charge < -0.3 is 5.32 Å². The Balaban J connectivity index is 1.77. The van der Waals surface area contributed by atoms with Crippen LogP contribution in [0.2, 0.25) is 4.47 Å². The third kappa shape index (κ3) is 2.57. The summed E-state index contributed by atoms with van der Waals surface area (Å²) in [5.74, 6) is 0.261. The minimum absolute atomic E-state index is 0.0665. The van der Waals surface area contributed by atoms with Gasteiger partial charge >= 0.3 is 0 Å². The molecule has 20 heavy (non-hydrogen) atoms.